The Labute approximate surface area is 116 Å². The Morgan fingerprint density at radius 2 is 2.25 bits per heavy atom. The number of ether oxygens (including phenoxy) is 1. The molecule has 0 aromatic carbocycles. The third-order valence-electron chi connectivity index (χ3n) is 3.69. The molecule has 3 N–H and O–H groups in total. The lowest BCUT2D eigenvalue weighted by atomic mass is 9.97. The summed E-state index contributed by atoms with van der Waals surface area (Å²) < 4.78 is 4.87. The lowest BCUT2D eigenvalue weighted by molar-refractivity contribution is -0.149. The molecule has 0 saturated carbocycles. The second kappa shape index (κ2) is 5.46. The summed E-state index contributed by atoms with van der Waals surface area (Å²) in [4.78, 5) is 25.5. The van der Waals surface area contributed by atoms with Crippen LogP contribution in [-0.4, -0.2) is 40.7 Å². The van der Waals surface area contributed by atoms with Crippen molar-refractivity contribution in [3.8, 4) is 0 Å². The van der Waals surface area contributed by atoms with Crippen LogP contribution in [0.5, 0.6) is 0 Å². The molecule has 20 heavy (non-hydrogen) atoms. The van der Waals surface area contributed by atoms with Gasteiger partial charge < -0.3 is 14.6 Å². The van der Waals surface area contributed by atoms with Gasteiger partial charge in [-0.05, 0) is 18.9 Å². The molecule has 0 radical (unpaired) electrons. The van der Waals surface area contributed by atoms with Crippen LogP contribution in [0.15, 0.2) is 18.6 Å². The van der Waals surface area contributed by atoms with Crippen molar-refractivity contribution in [2.24, 2.45) is 11.7 Å². The number of nitrogens with zero attached hydrogens (tertiary/aromatic N) is 3. The molecule has 2 aromatic heterocycles. The minimum atomic E-state index is -0.193. The monoisotopic (exact) mass is 275 g/mol. The molecule has 0 atom stereocenters. The molecule has 0 spiro atoms. The fraction of sp³-hybridized carbons (Fsp3) is 0.462. The van der Waals surface area contributed by atoms with Crippen LogP contribution in [0.25, 0.3) is 11.0 Å². The normalized spacial score (nSPS) is 16.6. The quantitative estimate of drug-likeness (QED) is 0.630. The van der Waals surface area contributed by atoms with E-state index in [0.717, 1.165) is 42.8 Å². The number of hydrogen-bond donors (Lipinski definition) is 2. The molecule has 106 valence electrons. The van der Waals surface area contributed by atoms with Gasteiger partial charge in [0.25, 0.3) is 0 Å². The summed E-state index contributed by atoms with van der Waals surface area (Å²) in [6.07, 6.45) is 4.93. The molecule has 0 unspecified atom stereocenters. The van der Waals surface area contributed by atoms with Gasteiger partial charge in [-0.1, -0.05) is 0 Å². The summed E-state index contributed by atoms with van der Waals surface area (Å²) in [5.41, 5.74) is 6.06. The number of H-pyrrole nitrogens is 1. The van der Waals surface area contributed by atoms with E-state index < -0.39 is 0 Å². The van der Waals surface area contributed by atoms with Gasteiger partial charge in [-0.2, -0.15) is 0 Å². The Balaban J connectivity index is 1.72. The highest BCUT2D eigenvalue weighted by Gasteiger charge is 2.27. The number of fused-ring (bicyclic) bond motifs is 1. The van der Waals surface area contributed by atoms with Gasteiger partial charge in [0.05, 0.1) is 11.3 Å². The van der Waals surface area contributed by atoms with E-state index in [1.54, 1.807) is 6.33 Å². The van der Waals surface area contributed by atoms with E-state index in [1.165, 1.54) is 0 Å². The Morgan fingerprint density at radius 3 is 3.00 bits per heavy atom. The van der Waals surface area contributed by atoms with Crippen LogP contribution < -0.4 is 10.6 Å². The highest BCUT2D eigenvalue weighted by atomic mass is 16.5. The number of aromatic nitrogens is 3. The van der Waals surface area contributed by atoms with Gasteiger partial charge in [-0.3, -0.25) is 10.5 Å². The van der Waals surface area contributed by atoms with E-state index in [1.807, 2.05) is 12.3 Å². The van der Waals surface area contributed by atoms with Crippen molar-refractivity contribution in [3.63, 3.8) is 0 Å². The lowest BCUT2D eigenvalue weighted by Crippen LogP contribution is -2.37. The highest BCUT2D eigenvalue weighted by molar-refractivity contribution is 5.87. The smallest absolute Gasteiger partial charge is 0.310 e. The van der Waals surface area contributed by atoms with Gasteiger partial charge in [-0.15, -0.1) is 0 Å². The first-order valence-corrected chi connectivity index (χ1v) is 6.69. The average molecular weight is 275 g/mol. The topological polar surface area (TPSA) is 97.1 Å². The van der Waals surface area contributed by atoms with Crippen molar-refractivity contribution in [2.75, 3.05) is 24.7 Å². The Hall–Kier alpha value is -2.15. The summed E-state index contributed by atoms with van der Waals surface area (Å²) in [7, 11) is 0. The third kappa shape index (κ3) is 2.32. The highest BCUT2D eigenvalue weighted by Crippen LogP contribution is 2.27. The van der Waals surface area contributed by atoms with Gasteiger partial charge >= 0.3 is 5.97 Å². The average Bonchev–Trinajstić information content (AvgIpc) is 2.96. The van der Waals surface area contributed by atoms with Crippen LogP contribution in [0.3, 0.4) is 0 Å². The standard InChI is InChI=1S/C13H17N5O2/c14-7-20-13(19)9-2-5-18(6-3-9)12-10-1-4-15-11(10)16-8-17-12/h1,4,8-9H,2-3,5-7,14H2,(H,15,16,17). The molecule has 1 saturated heterocycles. The number of nitrogens with one attached hydrogen (secondary N) is 1. The molecule has 0 aliphatic carbocycles. The van der Waals surface area contributed by atoms with E-state index in [0.29, 0.717) is 0 Å². The third-order valence-corrected chi connectivity index (χ3v) is 3.69. The molecule has 1 aliphatic heterocycles. The number of piperidine rings is 1. The molecule has 1 fully saturated rings. The minimum absolute atomic E-state index is 0.0467. The lowest BCUT2D eigenvalue weighted by Gasteiger charge is -2.31. The number of nitrogens with two attached hydrogens (primary N) is 1. The van der Waals surface area contributed by atoms with E-state index >= 15 is 0 Å². The first-order chi connectivity index (χ1) is 9.79. The first-order valence-electron chi connectivity index (χ1n) is 6.69. The minimum Gasteiger partial charge on any atom is -0.450 e. The summed E-state index contributed by atoms with van der Waals surface area (Å²) >= 11 is 0. The molecule has 3 heterocycles. The number of esters is 1. The molecule has 0 amide bonds. The van der Waals surface area contributed by atoms with Crippen LogP contribution in [-0.2, 0) is 9.53 Å². The van der Waals surface area contributed by atoms with Crippen LogP contribution in [0.2, 0.25) is 0 Å². The predicted octanol–water partition coefficient (Wildman–Crippen LogP) is 0.634. The molecule has 2 aromatic rings. The zero-order valence-electron chi connectivity index (χ0n) is 11.1. The van der Waals surface area contributed by atoms with Crippen molar-refractivity contribution < 1.29 is 9.53 Å². The van der Waals surface area contributed by atoms with E-state index in [4.69, 9.17) is 10.5 Å². The molecule has 0 bridgehead atoms. The summed E-state index contributed by atoms with van der Waals surface area (Å²) in [6.45, 7) is 1.51. The second-order valence-corrected chi connectivity index (χ2v) is 4.83. The first kappa shape index (κ1) is 12.9. The number of carbonyl (C=O) groups excluding carboxylic acids is 1. The van der Waals surface area contributed by atoms with Gasteiger partial charge in [0.2, 0.25) is 0 Å². The number of hydrogen-bond acceptors (Lipinski definition) is 6. The van der Waals surface area contributed by atoms with Crippen molar-refractivity contribution >= 4 is 22.8 Å². The van der Waals surface area contributed by atoms with E-state index in [-0.39, 0.29) is 18.6 Å². The molecular formula is C13H17N5O2. The SMILES string of the molecule is NCOC(=O)C1CCN(c2ncnc3[nH]ccc23)CC1. The van der Waals surface area contributed by atoms with Crippen molar-refractivity contribution in [1.82, 2.24) is 15.0 Å². The number of aromatic amines is 1. The van der Waals surface area contributed by atoms with Crippen molar-refractivity contribution in [2.45, 2.75) is 12.8 Å². The molecular weight excluding hydrogens is 258 g/mol. The number of carbonyl (C=O) groups is 1. The van der Waals surface area contributed by atoms with Crippen LogP contribution in [0.4, 0.5) is 5.82 Å². The Morgan fingerprint density at radius 1 is 1.45 bits per heavy atom. The van der Waals surface area contributed by atoms with E-state index in [2.05, 4.69) is 19.9 Å². The van der Waals surface area contributed by atoms with Crippen LogP contribution in [0.1, 0.15) is 12.8 Å². The Kier molecular flexibility index (Phi) is 3.51. The van der Waals surface area contributed by atoms with Crippen LogP contribution >= 0.6 is 0 Å². The summed E-state index contributed by atoms with van der Waals surface area (Å²) in [6, 6.07) is 1.97. The molecule has 7 nitrogen and oxygen atoms in total. The molecule has 1 aliphatic rings. The van der Waals surface area contributed by atoms with Crippen molar-refractivity contribution in [3.05, 3.63) is 18.6 Å². The zero-order chi connectivity index (χ0) is 13.9. The van der Waals surface area contributed by atoms with Crippen LogP contribution in [0, 0.1) is 5.92 Å². The zero-order valence-corrected chi connectivity index (χ0v) is 11.1. The van der Waals surface area contributed by atoms with Gasteiger partial charge in [-0.25, -0.2) is 9.97 Å². The maximum Gasteiger partial charge on any atom is 0.310 e. The fourth-order valence-corrected chi connectivity index (χ4v) is 2.64. The maximum atomic E-state index is 11.7. The fourth-order valence-electron chi connectivity index (χ4n) is 2.64. The van der Waals surface area contributed by atoms with Gasteiger partial charge in [0.1, 0.15) is 24.5 Å². The summed E-state index contributed by atoms with van der Waals surface area (Å²) in [5.74, 6) is 0.668. The largest absolute Gasteiger partial charge is 0.450 e. The maximum absolute atomic E-state index is 11.7. The van der Waals surface area contributed by atoms with E-state index in [9.17, 15) is 4.79 Å². The van der Waals surface area contributed by atoms with Gasteiger partial charge in [0, 0.05) is 19.3 Å². The second-order valence-electron chi connectivity index (χ2n) is 4.83. The molecule has 7 heteroatoms. The van der Waals surface area contributed by atoms with Crippen molar-refractivity contribution in [1.29, 1.82) is 0 Å². The van der Waals surface area contributed by atoms with Gasteiger partial charge in [0.15, 0.2) is 0 Å². The number of rotatable bonds is 3. The number of anilines is 1. The predicted molar refractivity (Wildman–Crippen MR) is 74.0 cm³/mol. The Bertz CT molecular complexity index is 604. The summed E-state index contributed by atoms with van der Waals surface area (Å²) in [5, 5.41) is 1.01. The molecule has 3 rings (SSSR count).